The van der Waals surface area contributed by atoms with E-state index in [1.165, 1.54) is 6.20 Å². The van der Waals surface area contributed by atoms with Crippen LogP contribution in [-0.4, -0.2) is 9.97 Å². The standard InChI is InChI=1S/C9H5N3S/c10-5-8-9(12-3-2-11-8)7-1-4-13-6-7/h1-4,6H. The van der Waals surface area contributed by atoms with E-state index < -0.39 is 0 Å². The van der Waals surface area contributed by atoms with Crippen LogP contribution in [0.4, 0.5) is 0 Å². The molecule has 13 heavy (non-hydrogen) atoms. The van der Waals surface area contributed by atoms with Crippen LogP contribution in [0, 0.1) is 11.3 Å². The largest absolute Gasteiger partial charge is 0.252 e. The molecular formula is C9H5N3S. The normalized spacial score (nSPS) is 9.46. The van der Waals surface area contributed by atoms with E-state index in [1.54, 1.807) is 17.5 Å². The third-order valence-corrected chi connectivity index (χ3v) is 2.28. The zero-order chi connectivity index (χ0) is 9.10. The summed E-state index contributed by atoms with van der Waals surface area (Å²) in [4.78, 5) is 8.05. The molecule has 0 fully saturated rings. The number of thiophene rings is 1. The SMILES string of the molecule is N#Cc1nccnc1-c1ccsc1. The molecular weight excluding hydrogens is 182 g/mol. The second-order valence-corrected chi connectivity index (χ2v) is 3.16. The molecule has 0 bridgehead atoms. The molecule has 0 aromatic carbocycles. The Labute approximate surface area is 79.3 Å². The van der Waals surface area contributed by atoms with Gasteiger partial charge in [0, 0.05) is 23.3 Å². The Hall–Kier alpha value is -1.73. The minimum atomic E-state index is 0.376. The predicted octanol–water partition coefficient (Wildman–Crippen LogP) is 2.08. The lowest BCUT2D eigenvalue weighted by molar-refractivity contribution is 1.17. The van der Waals surface area contributed by atoms with Gasteiger partial charge < -0.3 is 0 Å². The lowest BCUT2D eigenvalue weighted by atomic mass is 10.2. The predicted molar refractivity (Wildman–Crippen MR) is 50.1 cm³/mol. The summed E-state index contributed by atoms with van der Waals surface area (Å²) in [6, 6.07) is 3.94. The fraction of sp³-hybridized carbons (Fsp3) is 0. The molecule has 0 radical (unpaired) electrons. The molecule has 3 nitrogen and oxygen atoms in total. The molecule has 2 aromatic rings. The lowest BCUT2D eigenvalue weighted by Crippen LogP contribution is -1.89. The summed E-state index contributed by atoms with van der Waals surface area (Å²) in [6.45, 7) is 0. The fourth-order valence-corrected chi connectivity index (χ4v) is 1.67. The van der Waals surface area contributed by atoms with Gasteiger partial charge in [-0.2, -0.15) is 16.6 Å². The molecule has 0 aliphatic carbocycles. The second kappa shape index (κ2) is 3.33. The van der Waals surface area contributed by atoms with Gasteiger partial charge in [0.15, 0.2) is 5.69 Å². The van der Waals surface area contributed by atoms with Crippen molar-refractivity contribution in [3.05, 3.63) is 34.9 Å². The fourth-order valence-electron chi connectivity index (χ4n) is 1.03. The number of hydrogen-bond acceptors (Lipinski definition) is 4. The van der Waals surface area contributed by atoms with Crippen LogP contribution in [-0.2, 0) is 0 Å². The van der Waals surface area contributed by atoms with E-state index >= 15 is 0 Å². The van der Waals surface area contributed by atoms with Gasteiger partial charge in [-0.15, -0.1) is 0 Å². The van der Waals surface area contributed by atoms with Crippen LogP contribution in [0.5, 0.6) is 0 Å². The molecule has 0 unspecified atom stereocenters. The Balaban J connectivity index is 2.59. The van der Waals surface area contributed by atoms with Gasteiger partial charge in [-0.1, -0.05) is 0 Å². The topological polar surface area (TPSA) is 49.6 Å². The van der Waals surface area contributed by atoms with Crippen molar-refractivity contribution in [2.45, 2.75) is 0 Å². The highest BCUT2D eigenvalue weighted by Crippen LogP contribution is 2.21. The van der Waals surface area contributed by atoms with Crippen molar-refractivity contribution in [2.75, 3.05) is 0 Å². The molecule has 2 rings (SSSR count). The van der Waals surface area contributed by atoms with Crippen molar-refractivity contribution in [1.82, 2.24) is 9.97 Å². The Morgan fingerprint density at radius 1 is 1.31 bits per heavy atom. The van der Waals surface area contributed by atoms with Crippen molar-refractivity contribution < 1.29 is 0 Å². The molecule has 0 atom stereocenters. The first-order chi connectivity index (χ1) is 6.42. The van der Waals surface area contributed by atoms with Gasteiger partial charge in [0.2, 0.25) is 0 Å². The molecule has 0 spiro atoms. The molecule has 62 valence electrons. The van der Waals surface area contributed by atoms with Crippen molar-refractivity contribution >= 4 is 11.3 Å². The highest BCUT2D eigenvalue weighted by molar-refractivity contribution is 7.08. The zero-order valence-electron chi connectivity index (χ0n) is 6.64. The van der Waals surface area contributed by atoms with Gasteiger partial charge in [-0.25, -0.2) is 4.98 Å². The second-order valence-electron chi connectivity index (χ2n) is 2.38. The third kappa shape index (κ3) is 1.42. The van der Waals surface area contributed by atoms with E-state index in [0.29, 0.717) is 11.4 Å². The first-order valence-electron chi connectivity index (χ1n) is 3.65. The minimum Gasteiger partial charge on any atom is -0.252 e. The number of nitrogens with zero attached hydrogens (tertiary/aromatic N) is 3. The molecule has 0 amide bonds. The highest BCUT2D eigenvalue weighted by atomic mass is 32.1. The summed E-state index contributed by atoms with van der Waals surface area (Å²) in [7, 11) is 0. The summed E-state index contributed by atoms with van der Waals surface area (Å²) in [5, 5.41) is 12.7. The molecule has 2 heterocycles. The van der Waals surface area contributed by atoms with Gasteiger partial charge >= 0.3 is 0 Å². The first kappa shape index (κ1) is 7.90. The Bertz CT molecular complexity index is 442. The quantitative estimate of drug-likeness (QED) is 0.686. The summed E-state index contributed by atoms with van der Waals surface area (Å²) in [6.07, 6.45) is 3.11. The molecule has 0 aliphatic rings. The van der Waals surface area contributed by atoms with Crippen LogP contribution in [0.15, 0.2) is 29.2 Å². The number of aromatic nitrogens is 2. The zero-order valence-corrected chi connectivity index (χ0v) is 7.45. The maximum absolute atomic E-state index is 8.77. The molecule has 2 aromatic heterocycles. The van der Waals surface area contributed by atoms with Gasteiger partial charge in [0.25, 0.3) is 0 Å². The Kier molecular flexibility index (Phi) is 2.02. The van der Waals surface area contributed by atoms with Crippen molar-refractivity contribution in [3.63, 3.8) is 0 Å². The lowest BCUT2D eigenvalue weighted by Gasteiger charge is -1.96. The molecule has 4 heteroatoms. The maximum Gasteiger partial charge on any atom is 0.166 e. The number of hydrogen-bond donors (Lipinski definition) is 0. The molecule has 0 saturated heterocycles. The van der Waals surface area contributed by atoms with Crippen molar-refractivity contribution in [1.29, 1.82) is 5.26 Å². The van der Waals surface area contributed by atoms with Gasteiger partial charge in [0.05, 0.1) is 0 Å². The van der Waals surface area contributed by atoms with Crippen LogP contribution in [0.1, 0.15) is 5.69 Å². The summed E-state index contributed by atoms with van der Waals surface area (Å²) in [5.74, 6) is 0. The van der Waals surface area contributed by atoms with Gasteiger partial charge in [-0.3, -0.25) is 4.98 Å². The molecule has 0 saturated carbocycles. The monoisotopic (exact) mass is 187 g/mol. The average Bonchev–Trinajstić information content (AvgIpc) is 2.70. The van der Waals surface area contributed by atoms with E-state index in [1.807, 2.05) is 22.9 Å². The summed E-state index contributed by atoms with van der Waals surface area (Å²) < 4.78 is 0. The smallest absolute Gasteiger partial charge is 0.166 e. The molecule has 0 aliphatic heterocycles. The van der Waals surface area contributed by atoms with Crippen LogP contribution >= 0.6 is 11.3 Å². The third-order valence-electron chi connectivity index (χ3n) is 1.60. The van der Waals surface area contributed by atoms with E-state index in [4.69, 9.17) is 5.26 Å². The number of nitriles is 1. The van der Waals surface area contributed by atoms with E-state index in [2.05, 4.69) is 9.97 Å². The van der Waals surface area contributed by atoms with Gasteiger partial charge in [-0.05, 0) is 11.4 Å². The number of rotatable bonds is 1. The van der Waals surface area contributed by atoms with E-state index in [-0.39, 0.29) is 0 Å². The summed E-state index contributed by atoms with van der Waals surface area (Å²) in [5.41, 5.74) is 1.99. The maximum atomic E-state index is 8.77. The van der Waals surface area contributed by atoms with E-state index in [9.17, 15) is 0 Å². The molecule has 0 N–H and O–H groups in total. The highest BCUT2D eigenvalue weighted by Gasteiger charge is 2.06. The van der Waals surface area contributed by atoms with Crippen LogP contribution in [0.25, 0.3) is 11.3 Å². The summed E-state index contributed by atoms with van der Waals surface area (Å²) >= 11 is 1.58. The first-order valence-corrected chi connectivity index (χ1v) is 4.60. The Morgan fingerprint density at radius 3 is 2.85 bits per heavy atom. The van der Waals surface area contributed by atoms with Crippen molar-refractivity contribution in [2.24, 2.45) is 0 Å². The van der Waals surface area contributed by atoms with Crippen LogP contribution in [0.2, 0.25) is 0 Å². The van der Waals surface area contributed by atoms with E-state index in [0.717, 1.165) is 5.56 Å². The van der Waals surface area contributed by atoms with Crippen molar-refractivity contribution in [3.8, 4) is 17.3 Å². The average molecular weight is 187 g/mol. The van der Waals surface area contributed by atoms with Gasteiger partial charge in [0.1, 0.15) is 11.8 Å². The Morgan fingerprint density at radius 2 is 2.15 bits per heavy atom. The van der Waals surface area contributed by atoms with Crippen LogP contribution in [0.3, 0.4) is 0 Å². The van der Waals surface area contributed by atoms with Crippen LogP contribution < -0.4 is 0 Å². The minimum absolute atomic E-state index is 0.376.